The van der Waals surface area contributed by atoms with Crippen molar-refractivity contribution in [1.82, 2.24) is 0 Å². The Balaban J connectivity index is 2.04. The number of hydrogen-bond acceptors (Lipinski definition) is 4. The van der Waals surface area contributed by atoms with Crippen LogP contribution in [0.3, 0.4) is 0 Å². The fourth-order valence-corrected chi connectivity index (χ4v) is 2.55. The second kappa shape index (κ2) is 8.32. The van der Waals surface area contributed by atoms with Crippen molar-refractivity contribution >= 4 is 5.69 Å². The second-order valence-electron chi connectivity index (χ2n) is 5.48. The highest BCUT2D eigenvalue weighted by molar-refractivity contribution is 5.62. The van der Waals surface area contributed by atoms with E-state index in [0.717, 1.165) is 18.5 Å². The topological polar surface area (TPSA) is 39.7 Å². The van der Waals surface area contributed by atoms with Gasteiger partial charge in [0, 0.05) is 23.9 Å². The third kappa shape index (κ3) is 4.55. The van der Waals surface area contributed by atoms with Gasteiger partial charge in [-0.25, -0.2) is 0 Å². The molecule has 1 N–H and O–H groups in total. The molecule has 0 bridgehead atoms. The molecule has 0 unspecified atom stereocenters. The van der Waals surface area contributed by atoms with Crippen LogP contribution in [0.1, 0.15) is 18.9 Å². The van der Waals surface area contributed by atoms with Crippen molar-refractivity contribution in [2.24, 2.45) is 0 Å². The van der Waals surface area contributed by atoms with Gasteiger partial charge in [-0.1, -0.05) is 30.3 Å². The predicted molar refractivity (Wildman–Crippen MR) is 93.9 cm³/mol. The quantitative estimate of drug-likeness (QED) is 0.794. The number of nitrogens with one attached hydrogen (secondary N) is 1. The minimum atomic E-state index is 0.331. The van der Waals surface area contributed by atoms with Crippen LogP contribution in [-0.4, -0.2) is 27.4 Å². The Bertz CT molecular complexity index is 588. The van der Waals surface area contributed by atoms with Crippen molar-refractivity contribution in [3.63, 3.8) is 0 Å². The summed E-state index contributed by atoms with van der Waals surface area (Å²) < 4.78 is 16.1. The first-order valence-electron chi connectivity index (χ1n) is 7.78. The Labute approximate surface area is 138 Å². The molecule has 0 aromatic heterocycles. The highest BCUT2D eigenvalue weighted by atomic mass is 16.5. The molecule has 0 saturated heterocycles. The number of rotatable bonds is 8. The summed E-state index contributed by atoms with van der Waals surface area (Å²) in [5.74, 6) is 1.92. The van der Waals surface area contributed by atoms with Gasteiger partial charge in [0.2, 0.25) is 5.75 Å². The maximum atomic E-state index is 5.39. The van der Waals surface area contributed by atoms with Crippen LogP contribution < -0.4 is 19.5 Å². The van der Waals surface area contributed by atoms with E-state index in [9.17, 15) is 0 Å². The fraction of sp³-hybridized carbons (Fsp3) is 0.368. The van der Waals surface area contributed by atoms with Gasteiger partial charge >= 0.3 is 0 Å². The molecular formula is C19H25NO3. The van der Waals surface area contributed by atoms with Crippen LogP contribution in [0.5, 0.6) is 17.2 Å². The van der Waals surface area contributed by atoms with E-state index in [1.165, 1.54) is 5.56 Å². The third-order valence-corrected chi connectivity index (χ3v) is 3.79. The molecule has 2 aromatic carbocycles. The highest BCUT2D eigenvalue weighted by Crippen LogP contribution is 2.40. The summed E-state index contributed by atoms with van der Waals surface area (Å²) in [5.41, 5.74) is 2.31. The number of benzene rings is 2. The van der Waals surface area contributed by atoms with Gasteiger partial charge in [-0.2, -0.15) is 0 Å². The lowest BCUT2D eigenvalue weighted by Gasteiger charge is -2.18. The van der Waals surface area contributed by atoms with E-state index in [1.54, 1.807) is 21.3 Å². The Morgan fingerprint density at radius 2 is 1.52 bits per heavy atom. The first-order chi connectivity index (χ1) is 11.2. The molecule has 0 heterocycles. The summed E-state index contributed by atoms with van der Waals surface area (Å²) in [4.78, 5) is 0. The lowest BCUT2D eigenvalue weighted by Crippen LogP contribution is -2.16. The fourth-order valence-electron chi connectivity index (χ4n) is 2.55. The van der Waals surface area contributed by atoms with E-state index in [0.29, 0.717) is 23.3 Å². The van der Waals surface area contributed by atoms with Crippen LogP contribution in [0.4, 0.5) is 5.69 Å². The van der Waals surface area contributed by atoms with Crippen LogP contribution in [0, 0.1) is 0 Å². The van der Waals surface area contributed by atoms with Crippen LogP contribution in [0.25, 0.3) is 0 Å². The van der Waals surface area contributed by atoms with Gasteiger partial charge in [0.25, 0.3) is 0 Å². The largest absolute Gasteiger partial charge is 0.493 e. The van der Waals surface area contributed by atoms with E-state index in [-0.39, 0.29) is 0 Å². The lowest BCUT2D eigenvalue weighted by molar-refractivity contribution is 0.324. The Morgan fingerprint density at radius 1 is 0.913 bits per heavy atom. The maximum absolute atomic E-state index is 5.39. The number of ether oxygens (including phenoxy) is 3. The van der Waals surface area contributed by atoms with Gasteiger partial charge in [-0.05, 0) is 25.3 Å². The Hall–Kier alpha value is -2.36. The highest BCUT2D eigenvalue weighted by Gasteiger charge is 2.14. The molecule has 2 rings (SSSR count). The first kappa shape index (κ1) is 17.0. The first-order valence-corrected chi connectivity index (χ1v) is 7.78. The molecule has 1 atom stereocenters. The van der Waals surface area contributed by atoms with Crippen molar-refractivity contribution in [2.45, 2.75) is 25.8 Å². The van der Waals surface area contributed by atoms with E-state index in [4.69, 9.17) is 14.2 Å². The molecule has 4 heteroatoms. The molecule has 0 aliphatic rings. The molecule has 0 aliphatic heterocycles. The van der Waals surface area contributed by atoms with E-state index in [2.05, 4.69) is 36.5 Å². The molecule has 0 aliphatic carbocycles. The Kier molecular flexibility index (Phi) is 6.15. The number of anilines is 1. The van der Waals surface area contributed by atoms with E-state index in [1.807, 2.05) is 18.2 Å². The predicted octanol–water partition coefficient (Wildman–Crippen LogP) is 4.15. The van der Waals surface area contributed by atoms with E-state index >= 15 is 0 Å². The van der Waals surface area contributed by atoms with Gasteiger partial charge in [0.1, 0.15) is 0 Å². The maximum Gasteiger partial charge on any atom is 0.203 e. The lowest BCUT2D eigenvalue weighted by atomic mass is 10.1. The zero-order chi connectivity index (χ0) is 16.7. The van der Waals surface area contributed by atoms with Gasteiger partial charge in [-0.3, -0.25) is 0 Å². The summed E-state index contributed by atoms with van der Waals surface area (Å²) in [6.45, 7) is 2.17. The smallest absolute Gasteiger partial charge is 0.203 e. The van der Waals surface area contributed by atoms with Crippen molar-refractivity contribution in [3.8, 4) is 17.2 Å². The van der Waals surface area contributed by atoms with Crippen molar-refractivity contribution in [3.05, 3.63) is 48.0 Å². The van der Waals surface area contributed by atoms with Crippen molar-refractivity contribution < 1.29 is 14.2 Å². The second-order valence-corrected chi connectivity index (χ2v) is 5.48. The summed E-state index contributed by atoms with van der Waals surface area (Å²) in [6, 6.07) is 14.7. The number of hydrogen-bond donors (Lipinski definition) is 1. The Morgan fingerprint density at radius 3 is 2.04 bits per heavy atom. The standard InChI is InChI=1S/C19H25NO3/c1-14(10-11-15-8-6-5-7-9-15)20-16-12-17(21-2)19(23-4)18(13-16)22-3/h5-9,12-14,20H,10-11H2,1-4H3/t14-/m0/s1. The number of aryl methyl sites for hydroxylation is 1. The normalized spacial score (nSPS) is 11.7. The third-order valence-electron chi connectivity index (χ3n) is 3.79. The molecule has 23 heavy (non-hydrogen) atoms. The molecule has 0 saturated carbocycles. The van der Waals surface area contributed by atoms with Gasteiger partial charge in [0.15, 0.2) is 11.5 Å². The van der Waals surface area contributed by atoms with E-state index < -0.39 is 0 Å². The van der Waals surface area contributed by atoms with Gasteiger partial charge in [-0.15, -0.1) is 0 Å². The molecule has 0 amide bonds. The zero-order valence-electron chi connectivity index (χ0n) is 14.3. The average Bonchev–Trinajstić information content (AvgIpc) is 2.59. The average molecular weight is 315 g/mol. The van der Waals surface area contributed by atoms with Crippen LogP contribution in [0.15, 0.2) is 42.5 Å². The molecule has 0 fully saturated rings. The van der Waals surface area contributed by atoms with Crippen molar-refractivity contribution in [2.75, 3.05) is 26.6 Å². The summed E-state index contributed by atoms with van der Waals surface area (Å²) in [6.07, 6.45) is 2.08. The van der Waals surface area contributed by atoms with Gasteiger partial charge < -0.3 is 19.5 Å². The van der Waals surface area contributed by atoms with Crippen LogP contribution >= 0.6 is 0 Å². The summed E-state index contributed by atoms with van der Waals surface area (Å²) in [5, 5.41) is 3.50. The van der Waals surface area contributed by atoms with Crippen molar-refractivity contribution in [1.29, 1.82) is 0 Å². The molecule has 2 aromatic rings. The van der Waals surface area contributed by atoms with Gasteiger partial charge in [0.05, 0.1) is 21.3 Å². The molecule has 124 valence electrons. The number of methoxy groups -OCH3 is 3. The zero-order valence-corrected chi connectivity index (χ0v) is 14.3. The molecular weight excluding hydrogens is 290 g/mol. The molecule has 0 spiro atoms. The summed E-state index contributed by atoms with van der Waals surface area (Å²) >= 11 is 0. The minimum absolute atomic E-state index is 0.331. The van der Waals surface area contributed by atoms with Crippen LogP contribution in [0.2, 0.25) is 0 Å². The molecule has 0 radical (unpaired) electrons. The minimum Gasteiger partial charge on any atom is -0.493 e. The van der Waals surface area contributed by atoms with Crippen LogP contribution in [-0.2, 0) is 6.42 Å². The molecule has 4 nitrogen and oxygen atoms in total. The SMILES string of the molecule is COc1cc(N[C@@H](C)CCc2ccccc2)cc(OC)c1OC. The summed E-state index contributed by atoms with van der Waals surface area (Å²) in [7, 11) is 4.86. The monoisotopic (exact) mass is 315 g/mol.